The second-order valence-corrected chi connectivity index (χ2v) is 4.36. The van der Waals surface area contributed by atoms with Crippen LogP contribution in [0.1, 0.15) is 47.0 Å². The van der Waals surface area contributed by atoms with Gasteiger partial charge in [-0.3, -0.25) is 4.79 Å². The fourth-order valence-corrected chi connectivity index (χ4v) is 1.69. The Balaban J connectivity index is 4.04. The number of allylic oxidation sites excluding steroid dienone is 4. The maximum absolute atomic E-state index is 10.2. The highest BCUT2D eigenvalue weighted by molar-refractivity contribution is 5.51. The van der Waals surface area contributed by atoms with Crippen molar-refractivity contribution in [2.75, 3.05) is 0 Å². The van der Waals surface area contributed by atoms with Crippen molar-refractivity contribution in [3.8, 4) is 0 Å². The topological polar surface area (TPSA) is 17.1 Å². The number of carbonyl (C=O) groups excluding carboxylic acids is 1. The van der Waals surface area contributed by atoms with Gasteiger partial charge < -0.3 is 0 Å². The first-order valence-corrected chi connectivity index (χ1v) is 5.79. The van der Waals surface area contributed by atoms with Crippen molar-refractivity contribution < 1.29 is 4.79 Å². The second-order valence-electron chi connectivity index (χ2n) is 4.36. The van der Waals surface area contributed by atoms with Gasteiger partial charge in [0.2, 0.25) is 0 Å². The lowest BCUT2D eigenvalue weighted by Crippen LogP contribution is -1.95. The number of hydrogen-bond donors (Lipinski definition) is 0. The Bertz CT molecular complexity index is 225. The number of rotatable bonds is 7. The Morgan fingerprint density at radius 1 is 1.33 bits per heavy atom. The van der Waals surface area contributed by atoms with Crippen molar-refractivity contribution in [3.05, 3.63) is 23.8 Å². The molecule has 2 unspecified atom stereocenters. The minimum atomic E-state index is 0.324. The highest BCUT2D eigenvalue weighted by atomic mass is 16.1. The van der Waals surface area contributed by atoms with Crippen LogP contribution >= 0.6 is 0 Å². The molecule has 0 saturated heterocycles. The van der Waals surface area contributed by atoms with E-state index in [0.717, 1.165) is 12.8 Å². The lowest BCUT2D eigenvalue weighted by Gasteiger charge is -2.08. The monoisotopic (exact) mass is 207 g/mol. The van der Waals surface area contributed by atoms with Crippen LogP contribution in [-0.2, 0) is 4.79 Å². The minimum Gasteiger partial charge on any atom is -0.291 e. The first-order valence-electron chi connectivity index (χ1n) is 5.79. The van der Waals surface area contributed by atoms with Gasteiger partial charge in [-0.05, 0) is 31.6 Å². The van der Waals surface area contributed by atoms with Crippen LogP contribution in [0.4, 0.5) is 0 Å². The zero-order valence-electron chi connectivity index (χ0n) is 10.4. The maximum Gasteiger partial charge on any atom is 0.198 e. The molecular weight excluding hydrogens is 184 g/mol. The van der Waals surface area contributed by atoms with Gasteiger partial charge in [-0.25, -0.2) is 0 Å². The zero-order valence-corrected chi connectivity index (χ0v) is 10.4. The quantitative estimate of drug-likeness (QED) is 0.575. The summed E-state index contributed by atoms with van der Waals surface area (Å²) in [5.74, 6) is 0.915. The van der Waals surface area contributed by atoms with Crippen molar-refractivity contribution in [1.29, 1.82) is 0 Å². The van der Waals surface area contributed by atoms with Crippen molar-refractivity contribution in [2.45, 2.75) is 47.0 Å². The van der Waals surface area contributed by atoms with E-state index in [0.29, 0.717) is 18.3 Å². The van der Waals surface area contributed by atoms with Crippen LogP contribution in [0, 0.1) is 11.8 Å². The molecule has 15 heavy (non-hydrogen) atoms. The Labute approximate surface area is 94.3 Å². The van der Waals surface area contributed by atoms with Crippen LogP contribution in [0.3, 0.4) is 0 Å². The van der Waals surface area contributed by atoms with Crippen molar-refractivity contribution in [3.63, 3.8) is 0 Å². The van der Waals surface area contributed by atoms with E-state index in [9.17, 15) is 4.79 Å². The van der Waals surface area contributed by atoms with E-state index in [1.165, 1.54) is 5.57 Å². The van der Waals surface area contributed by atoms with Gasteiger partial charge in [-0.2, -0.15) is 0 Å². The van der Waals surface area contributed by atoms with Gasteiger partial charge in [0.25, 0.3) is 0 Å². The van der Waals surface area contributed by atoms with Gasteiger partial charge in [0.1, 0.15) is 0 Å². The molecule has 0 amide bonds. The molecule has 0 aliphatic rings. The van der Waals surface area contributed by atoms with Crippen LogP contribution in [0.5, 0.6) is 0 Å². The summed E-state index contributed by atoms with van der Waals surface area (Å²) < 4.78 is 0. The van der Waals surface area contributed by atoms with E-state index < -0.39 is 0 Å². The molecule has 0 bridgehead atoms. The van der Waals surface area contributed by atoms with Gasteiger partial charge in [0.15, 0.2) is 6.29 Å². The first-order chi connectivity index (χ1) is 7.10. The number of hydrogen-bond acceptors (Lipinski definition) is 1. The molecule has 0 aromatic heterocycles. The average Bonchev–Trinajstić information content (AvgIpc) is 2.14. The van der Waals surface area contributed by atoms with Gasteiger partial charge in [-0.1, -0.05) is 44.6 Å². The van der Waals surface area contributed by atoms with E-state index in [1.807, 2.05) is 6.29 Å². The van der Waals surface area contributed by atoms with Gasteiger partial charge >= 0.3 is 0 Å². The second kappa shape index (κ2) is 8.46. The third-order valence-corrected chi connectivity index (χ3v) is 2.32. The third kappa shape index (κ3) is 8.17. The summed E-state index contributed by atoms with van der Waals surface area (Å²) in [4.78, 5) is 10.2. The van der Waals surface area contributed by atoms with Gasteiger partial charge in [-0.15, -0.1) is 0 Å². The van der Waals surface area contributed by atoms with E-state index in [2.05, 4.69) is 45.9 Å². The molecule has 1 nitrogen and oxygen atoms in total. The molecule has 0 aromatic carbocycles. The van der Waals surface area contributed by atoms with Crippen LogP contribution < -0.4 is 0 Å². The van der Waals surface area contributed by atoms with Crippen molar-refractivity contribution in [1.82, 2.24) is 0 Å². The molecule has 0 rings (SSSR count). The van der Waals surface area contributed by atoms with Crippen molar-refractivity contribution in [2.24, 2.45) is 11.8 Å². The predicted molar refractivity (Wildman–Crippen MR) is 66.4 cm³/mol. The summed E-state index contributed by atoms with van der Waals surface area (Å²) in [5.41, 5.74) is 1.37. The normalized spacial score (nSPS) is 16.7. The highest BCUT2D eigenvalue weighted by Crippen LogP contribution is 2.15. The van der Waals surface area contributed by atoms with E-state index >= 15 is 0 Å². The summed E-state index contributed by atoms with van der Waals surface area (Å²) in [6, 6.07) is 0. The Kier molecular flexibility index (Phi) is 7.98. The molecule has 0 saturated carbocycles. The molecule has 0 aromatic rings. The third-order valence-electron chi connectivity index (χ3n) is 2.32. The molecule has 0 heterocycles. The fourth-order valence-electron chi connectivity index (χ4n) is 1.69. The van der Waals surface area contributed by atoms with Crippen LogP contribution in [0.15, 0.2) is 23.8 Å². The summed E-state index contributed by atoms with van der Waals surface area (Å²) in [6.07, 6.45) is 11.3. The predicted octanol–water partition coefficient (Wildman–Crippen LogP) is 4.06. The molecule has 0 aliphatic carbocycles. The van der Waals surface area contributed by atoms with Crippen LogP contribution in [0.25, 0.3) is 0 Å². The lowest BCUT2D eigenvalue weighted by atomic mass is 9.97. The summed E-state index contributed by atoms with van der Waals surface area (Å²) in [7, 11) is 0. The van der Waals surface area contributed by atoms with Gasteiger partial charge in [0, 0.05) is 6.42 Å². The molecule has 0 aliphatic heterocycles. The first kappa shape index (κ1) is 14.2. The molecule has 0 N–H and O–H groups in total. The van der Waals surface area contributed by atoms with E-state index in [1.54, 1.807) is 0 Å². The zero-order chi connectivity index (χ0) is 11.7. The smallest absolute Gasteiger partial charge is 0.198 e. The molecule has 2 atom stereocenters. The summed E-state index contributed by atoms with van der Waals surface area (Å²) >= 11 is 0. The molecule has 0 spiro atoms. The largest absolute Gasteiger partial charge is 0.291 e. The summed E-state index contributed by atoms with van der Waals surface area (Å²) in [6.45, 7) is 8.56. The Morgan fingerprint density at radius 3 is 2.53 bits per heavy atom. The molecule has 1 radical (unpaired) electrons. The molecule has 1 heteroatoms. The SMILES string of the molecule is CCC=CC(C)CC(C)=CC(C)C[C]=O. The summed E-state index contributed by atoms with van der Waals surface area (Å²) in [5, 5.41) is 0. The maximum atomic E-state index is 10.2. The molecule has 85 valence electrons. The minimum absolute atomic E-state index is 0.324. The van der Waals surface area contributed by atoms with E-state index in [4.69, 9.17) is 0 Å². The fraction of sp³-hybridized carbons (Fsp3) is 0.643. The average molecular weight is 207 g/mol. The Hall–Kier alpha value is -0.850. The molecular formula is C14H23O. The highest BCUT2D eigenvalue weighted by Gasteiger charge is 2.01. The Morgan fingerprint density at radius 2 is 2.00 bits per heavy atom. The van der Waals surface area contributed by atoms with Crippen LogP contribution in [-0.4, -0.2) is 6.29 Å². The van der Waals surface area contributed by atoms with E-state index in [-0.39, 0.29) is 0 Å². The lowest BCUT2D eigenvalue weighted by molar-refractivity contribution is 0.541. The standard InChI is InChI=1S/C14H23O/c1-5-6-7-12(2)10-14(4)11-13(3)8-9-15/h6-7,11-13H,5,8,10H2,1-4H3. The van der Waals surface area contributed by atoms with Crippen LogP contribution in [0.2, 0.25) is 0 Å². The van der Waals surface area contributed by atoms with Crippen molar-refractivity contribution >= 4 is 6.29 Å². The van der Waals surface area contributed by atoms with Gasteiger partial charge in [0.05, 0.1) is 0 Å². The molecule has 0 fully saturated rings.